The van der Waals surface area contributed by atoms with Crippen molar-refractivity contribution in [2.24, 2.45) is 5.92 Å². The molecule has 2 heterocycles. The lowest BCUT2D eigenvalue weighted by atomic mass is 9.82. The quantitative estimate of drug-likeness (QED) is 0.360. The number of unbranched alkanes of at least 4 members (excludes halogenated alkanes) is 2. The molecule has 3 atom stereocenters. The first-order valence-electron chi connectivity index (χ1n) is 13.8. The summed E-state index contributed by atoms with van der Waals surface area (Å²) >= 11 is 0. The first-order chi connectivity index (χ1) is 18.8. The van der Waals surface area contributed by atoms with Gasteiger partial charge in [0.2, 0.25) is 16.8 Å². The van der Waals surface area contributed by atoms with Crippen LogP contribution in [0.4, 0.5) is 0 Å². The van der Waals surface area contributed by atoms with Crippen molar-refractivity contribution in [3.63, 3.8) is 0 Å². The van der Waals surface area contributed by atoms with Gasteiger partial charge in [0.05, 0.1) is 18.8 Å². The predicted molar refractivity (Wildman–Crippen MR) is 149 cm³/mol. The van der Waals surface area contributed by atoms with E-state index in [0.717, 1.165) is 30.4 Å². The van der Waals surface area contributed by atoms with Crippen LogP contribution < -0.4 is 14.2 Å². The maximum Gasteiger partial charge on any atom is 0.309 e. The molecule has 10 heteroatoms. The second-order valence-corrected chi connectivity index (χ2v) is 12.3. The van der Waals surface area contributed by atoms with Crippen molar-refractivity contribution >= 4 is 16.0 Å². The summed E-state index contributed by atoms with van der Waals surface area (Å²) in [4.78, 5) is 14.9. The highest BCUT2D eigenvalue weighted by Gasteiger charge is 2.47. The van der Waals surface area contributed by atoms with Crippen LogP contribution in [0, 0.1) is 5.92 Å². The van der Waals surface area contributed by atoms with Crippen molar-refractivity contribution in [2.45, 2.75) is 51.5 Å². The smallest absolute Gasteiger partial charge is 0.309 e. The SMILES string of the molecule is CCCCN(CCN1CC(c2ccc3c(c2)OCO3)C(C(=O)O)C1c1ccc(OC)cc1)S(=O)(=O)CCCC. The fourth-order valence-corrected chi connectivity index (χ4v) is 7.24. The second-order valence-electron chi connectivity index (χ2n) is 10.2. The molecule has 2 aromatic rings. The van der Waals surface area contributed by atoms with Gasteiger partial charge in [-0.15, -0.1) is 0 Å². The van der Waals surface area contributed by atoms with Gasteiger partial charge in [0.15, 0.2) is 11.5 Å². The number of fused-ring (bicyclic) bond motifs is 1. The van der Waals surface area contributed by atoms with Gasteiger partial charge >= 0.3 is 5.97 Å². The number of sulfonamides is 1. The molecule has 0 bridgehead atoms. The van der Waals surface area contributed by atoms with Crippen molar-refractivity contribution in [1.82, 2.24) is 9.21 Å². The van der Waals surface area contributed by atoms with Gasteiger partial charge in [-0.1, -0.05) is 44.9 Å². The molecule has 0 spiro atoms. The van der Waals surface area contributed by atoms with Gasteiger partial charge < -0.3 is 19.3 Å². The van der Waals surface area contributed by atoms with E-state index in [1.165, 1.54) is 0 Å². The Balaban J connectivity index is 1.66. The number of hydrogen-bond acceptors (Lipinski definition) is 7. The van der Waals surface area contributed by atoms with E-state index in [4.69, 9.17) is 14.2 Å². The first-order valence-corrected chi connectivity index (χ1v) is 15.4. The fraction of sp³-hybridized carbons (Fsp3) is 0.552. The normalized spacial score (nSPS) is 21.0. The minimum atomic E-state index is -3.40. The number of methoxy groups -OCH3 is 1. The number of aliphatic carboxylic acids is 1. The third-order valence-electron chi connectivity index (χ3n) is 7.71. The number of hydrogen-bond donors (Lipinski definition) is 1. The molecule has 1 N–H and O–H groups in total. The Kier molecular flexibility index (Phi) is 9.74. The highest BCUT2D eigenvalue weighted by Crippen LogP contribution is 2.47. The minimum absolute atomic E-state index is 0.132. The lowest BCUT2D eigenvalue weighted by Gasteiger charge is -2.30. The zero-order valence-electron chi connectivity index (χ0n) is 23.0. The van der Waals surface area contributed by atoms with Crippen molar-refractivity contribution in [3.05, 3.63) is 53.6 Å². The van der Waals surface area contributed by atoms with Gasteiger partial charge in [-0.2, -0.15) is 0 Å². The molecule has 3 unspecified atom stereocenters. The number of nitrogens with zero attached hydrogens (tertiary/aromatic N) is 2. The van der Waals surface area contributed by atoms with Crippen LogP contribution in [0.25, 0.3) is 0 Å². The molecular weight excluding hydrogens is 520 g/mol. The number of likely N-dealkylation sites (tertiary alicyclic amines) is 1. The number of rotatable bonds is 14. The number of carboxylic acids is 1. The Hall–Kier alpha value is -2.82. The first kappa shape index (κ1) is 29.2. The fourth-order valence-electron chi connectivity index (χ4n) is 5.56. The molecule has 0 amide bonds. The molecule has 9 nitrogen and oxygen atoms in total. The van der Waals surface area contributed by atoms with Gasteiger partial charge in [-0.05, 0) is 48.2 Å². The average molecular weight is 561 g/mol. The number of benzene rings is 2. The Morgan fingerprint density at radius 3 is 2.38 bits per heavy atom. The monoisotopic (exact) mass is 560 g/mol. The number of carboxylic acid groups (broad SMARTS) is 1. The van der Waals surface area contributed by atoms with Gasteiger partial charge in [0, 0.05) is 38.1 Å². The van der Waals surface area contributed by atoms with E-state index >= 15 is 0 Å². The van der Waals surface area contributed by atoms with Crippen LogP contribution >= 0.6 is 0 Å². The zero-order chi connectivity index (χ0) is 28.0. The maximum atomic E-state index is 13.2. The van der Waals surface area contributed by atoms with Crippen molar-refractivity contribution in [3.8, 4) is 17.2 Å². The summed E-state index contributed by atoms with van der Waals surface area (Å²) < 4.78 is 44.3. The summed E-state index contributed by atoms with van der Waals surface area (Å²) in [5, 5.41) is 10.5. The van der Waals surface area contributed by atoms with Gasteiger partial charge in [0.25, 0.3) is 0 Å². The molecule has 1 fully saturated rings. The molecule has 0 radical (unpaired) electrons. The van der Waals surface area contributed by atoms with Gasteiger partial charge in [-0.3, -0.25) is 9.69 Å². The largest absolute Gasteiger partial charge is 0.497 e. The Morgan fingerprint density at radius 1 is 1.03 bits per heavy atom. The van der Waals surface area contributed by atoms with Gasteiger partial charge in [-0.25, -0.2) is 12.7 Å². The van der Waals surface area contributed by atoms with Crippen LogP contribution in [0.1, 0.15) is 62.6 Å². The van der Waals surface area contributed by atoms with Crippen LogP contribution in [-0.4, -0.2) is 74.5 Å². The van der Waals surface area contributed by atoms with E-state index in [-0.39, 0.29) is 18.5 Å². The highest BCUT2D eigenvalue weighted by atomic mass is 32.2. The van der Waals surface area contributed by atoms with E-state index in [9.17, 15) is 18.3 Å². The average Bonchev–Trinajstić information content (AvgIpc) is 3.56. The molecule has 4 rings (SSSR count). The highest BCUT2D eigenvalue weighted by molar-refractivity contribution is 7.89. The Morgan fingerprint density at radius 2 is 1.72 bits per heavy atom. The molecule has 2 aromatic carbocycles. The van der Waals surface area contributed by atoms with Crippen LogP contribution in [-0.2, 0) is 14.8 Å². The number of ether oxygens (including phenoxy) is 3. The van der Waals surface area contributed by atoms with E-state index in [0.29, 0.717) is 49.8 Å². The number of carbonyl (C=O) groups is 1. The van der Waals surface area contributed by atoms with Crippen molar-refractivity contribution in [2.75, 3.05) is 45.8 Å². The summed E-state index contributed by atoms with van der Waals surface area (Å²) in [5.74, 6) is 0.145. The van der Waals surface area contributed by atoms with Crippen molar-refractivity contribution < 1.29 is 32.5 Å². The van der Waals surface area contributed by atoms with Crippen LogP contribution in [0.15, 0.2) is 42.5 Å². The standard InChI is InChI=1S/C29H40N2O7S/c1-4-6-14-31(39(34,35)17-7-5-2)16-15-30-19-24(22-10-13-25-26(18-22)38-20-37-25)27(29(32)33)28(30)21-8-11-23(36-3)12-9-21/h8-13,18,24,27-28H,4-7,14-17,19-20H2,1-3H3,(H,32,33). The second kappa shape index (κ2) is 13.0. The molecule has 1 saturated heterocycles. The van der Waals surface area contributed by atoms with Gasteiger partial charge in [0.1, 0.15) is 5.75 Å². The van der Waals surface area contributed by atoms with E-state index in [2.05, 4.69) is 4.90 Å². The molecule has 214 valence electrons. The van der Waals surface area contributed by atoms with Crippen molar-refractivity contribution in [1.29, 1.82) is 0 Å². The van der Waals surface area contributed by atoms with E-state index in [1.54, 1.807) is 11.4 Å². The molecular formula is C29H40N2O7S. The summed E-state index contributed by atoms with van der Waals surface area (Å²) in [6.07, 6.45) is 3.11. The lowest BCUT2D eigenvalue weighted by molar-refractivity contribution is -0.143. The molecule has 0 aromatic heterocycles. The summed E-state index contributed by atoms with van der Waals surface area (Å²) in [6, 6.07) is 12.7. The third kappa shape index (κ3) is 6.67. The molecule has 39 heavy (non-hydrogen) atoms. The van der Waals surface area contributed by atoms with Crippen LogP contribution in [0.3, 0.4) is 0 Å². The van der Waals surface area contributed by atoms with Crippen LogP contribution in [0.2, 0.25) is 0 Å². The Labute approximate surface area is 231 Å². The molecule has 2 aliphatic rings. The zero-order valence-corrected chi connectivity index (χ0v) is 23.9. The lowest BCUT2D eigenvalue weighted by Crippen LogP contribution is -2.40. The summed E-state index contributed by atoms with van der Waals surface area (Å²) in [6.45, 7) is 5.87. The summed E-state index contributed by atoms with van der Waals surface area (Å²) in [7, 11) is -1.80. The van der Waals surface area contributed by atoms with Crippen LogP contribution in [0.5, 0.6) is 17.2 Å². The topological polar surface area (TPSA) is 106 Å². The summed E-state index contributed by atoms with van der Waals surface area (Å²) in [5.41, 5.74) is 1.73. The van der Waals surface area contributed by atoms with E-state index < -0.39 is 28.0 Å². The minimum Gasteiger partial charge on any atom is -0.497 e. The molecule has 2 aliphatic heterocycles. The van der Waals surface area contributed by atoms with E-state index in [1.807, 2.05) is 56.3 Å². The predicted octanol–water partition coefficient (Wildman–Crippen LogP) is 4.50. The Bertz CT molecular complexity index is 1220. The molecule has 0 aliphatic carbocycles. The maximum absolute atomic E-state index is 13.2. The third-order valence-corrected chi connectivity index (χ3v) is 9.67. The molecule has 0 saturated carbocycles.